The molecule has 2 N–H and O–H groups in total. The third-order valence-electron chi connectivity index (χ3n) is 5.18. The fraction of sp³-hybridized carbons (Fsp3) is 0.500. The number of urea groups is 1. The number of nitrogens with one attached hydrogen (secondary N) is 2. The predicted octanol–water partition coefficient (Wildman–Crippen LogP) is 3.83. The smallest absolute Gasteiger partial charge is 0.317 e. The Balaban J connectivity index is 1.39. The lowest BCUT2D eigenvalue weighted by Crippen LogP contribution is -2.47. The zero-order valence-electron chi connectivity index (χ0n) is 13.7. The quantitative estimate of drug-likeness (QED) is 0.900. The summed E-state index contributed by atoms with van der Waals surface area (Å²) >= 11 is 0. The number of carbonyl (C=O) groups excluding carboxylic acids is 1. The molecule has 2 aliphatic rings. The van der Waals surface area contributed by atoms with Crippen LogP contribution in [0.1, 0.15) is 61.9 Å². The topological polar surface area (TPSA) is 73.9 Å². The standard InChI is InChI=1S/C18H23N5O/c24-18(23-12-11-15(23)13-7-3-1-4-8-13)20-17-19-16(21-22-17)14-9-5-2-6-10-14/h1,3-4,7-8,14-15H,2,5-6,9-12H2,(H2,19,20,21,22,24). The first-order chi connectivity index (χ1) is 11.8. The highest BCUT2D eigenvalue weighted by atomic mass is 16.2. The van der Waals surface area contributed by atoms with Gasteiger partial charge < -0.3 is 4.90 Å². The van der Waals surface area contributed by atoms with E-state index in [0.717, 1.165) is 31.6 Å². The van der Waals surface area contributed by atoms with Crippen molar-refractivity contribution in [2.75, 3.05) is 11.9 Å². The van der Waals surface area contributed by atoms with Crippen molar-refractivity contribution in [3.63, 3.8) is 0 Å². The van der Waals surface area contributed by atoms with Crippen molar-refractivity contribution in [1.29, 1.82) is 0 Å². The highest BCUT2D eigenvalue weighted by Crippen LogP contribution is 2.34. The number of nitrogens with zero attached hydrogens (tertiary/aromatic N) is 3. The van der Waals surface area contributed by atoms with Gasteiger partial charge in [0, 0.05) is 12.5 Å². The van der Waals surface area contributed by atoms with Gasteiger partial charge in [0.05, 0.1) is 6.04 Å². The minimum Gasteiger partial charge on any atom is -0.317 e. The largest absolute Gasteiger partial charge is 0.324 e. The summed E-state index contributed by atoms with van der Waals surface area (Å²) in [6.45, 7) is 0.769. The summed E-state index contributed by atoms with van der Waals surface area (Å²) in [6.07, 6.45) is 7.12. The lowest BCUT2D eigenvalue weighted by molar-refractivity contribution is 0.126. The van der Waals surface area contributed by atoms with Gasteiger partial charge in [0.2, 0.25) is 5.95 Å². The number of amides is 2. The molecule has 24 heavy (non-hydrogen) atoms. The van der Waals surface area contributed by atoms with E-state index < -0.39 is 0 Å². The molecule has 2 aromatic rings. The number of rotatable bonds is 3. The van der Waals surface area contributed by atoms with E-state index in [4.69, 9.17) is 0 Å². The van der Waals surface area contributed by atoms with E-state index in [0.29, 0.717) is 11.9 Å². The first-order valence-electron chi connectivity index (χ1n) is 8.86. The summed E-state index contributed by atoms with van der Waals surface area (Å²) in [5, 5.41) is 10.0. The van der Waals surface area contributed by atoms with Gasteiger partial charge in [0.15, 0.2) is 0 Å². The molecule has 4 rings (SSSR count). The molecule has 1 aliphatic carbocycles. The molecular formula is C18H23N5O. The number of anilines is 1. The fourth-order valence-electron chi connectivity index (χ4n) is 3.71. The maximum atomic E-state index is 12.5. The van der Waals surface area contributed by atoms with E-state index in [1.54, 1.807) is 0 Å². The molecule has 1 aromatic carbocycles. The van der Waals surface area contributed by atoms with Gasteiger partial charge in [-0.2, -0.15) is 4.98 Å². The lowest BCUT2D eigenvalue weighted by atomic mass is 9.89. The third-order valence-corrected chi connectivity index (χ3v) is 5.18. The Bertz CT molecular complexity index is 692. The Morgan fingerprint density at radius 2 is 1.92 bits per heavy atom. The maximum absolute atomic E-state index is 12.5. The molecule has 1 aliphatic heterocycles. The van der Waals surface area contributed by atoms with Gasteiger partial charge >= 0.3 is 6.03 Å². The van der Waals surface area contributed by atoms with Crippen LogP contribution in [0, 0.1) is 0 Å². The molecule has 2 fully saturated rings. The number of hydrogen-bond acceptors (Lipinski definition) is 3. The van der Waals surface area contributed by atoms with Gasteiger partial charge in [-0.3, -0.25) is 10.4 Å². The predicted molar refractivity (Wildman–Crippen MR) is 91.7 cm³/mol. The van der Waals surface area contributed by atoms with Crippen LogP contribution in [0.15, 0.2) is 30.3 Å². The zero-order valence-corrected chi connectivity index (χ0v) is 13.7. The number of likely N-dealkylation sites (tertiary alicyclic amines) is 1. The molecule has 1 saturated carbocycles. The van der Waals surface area contributed by atoms with Crippen LogP contribution in [-0.4, -0.2) is 32.7 Å². The van der Waals surface area contributed by atoms with Crippen molar-refractivity contribution >= 4 is 12.0 Å². The Morgan fingerprint density at radius 1 is 1.12 bits per heavy atom. The Morgan fingerprint density at radius 3 is 2.62 bits per heavy atom. The molecular weight excluding hydrogens is 302 g/mol. The minimum atomic E-state index is -0.121. The lowest BCUT2D eigenvalue weighted by Gasteiger charge is -2.40. The summed E-state index contributed by atoms with van der Waals surface area (Å²) in [5.41, 5.74) is 1.18. The van der Waals surface area contributed by atoms with Gasteiger partial charge in [-0.05, 0) is 24.8 Å². The van der Waals surface area contributed by atoms with E-state index in [2.05, 4.69) is 32.6 Å². The van der Waals surface area contributed by atoms with Crippen molar-refractivity contribution in [1.82, 2.24) is 20.1 Å². The van der Waals surface area contributed by atoms with Crippen LogP contribution in [0.3, 0.4) is 0 Å². The molecule has 2 heterocycles. The van der Waals surface area contributed by atoms with Crippen molar-refractivity contribution in [3.05, 3.63) is 41.7 Å². The molecule has 0 radical (unpaired) electrons. The summed E-state index contributed by atoms with van der Waals surface area (Å²) in [4.78, 5) is 18.8. The molecule has 1 unspecified atom stereocenters. The van der Waals surface area contributed by atoms with E-state index in [-0.39, 0.29) is 12.1 Å². The summed E-state index contributed by atoms with van der Waals surface area (Å²) < 4.78 is 0. The van der Waals surface area contributed by atoms with Gasteiger partial charge in [-0.25, -0.2) is 4.79 Å². The average Bonchev–Trinajstić information content (AvgIpc) is 3.04. The molecule has 1 aromatic heterocycles. The number of aromatic amines is 1. The van der Waals surface area contributed by atoms with Crippen LogP contribution in [0.5, 0.6) is 0 Å². The SMILES string of the molecule is O=C(Nc1n[nH]c(C2CCCCC2)n1)N1CCC1c1ccccc1. The normalized spacial score (nSPS) is 21.3. The number of hydrogen-bond donors (Lipinski definition) is 2. The van der Waals surface area contributed by atoms with Crippen LogP contribution in [0.25, 0.3) is 0 Å². The maximum Gasteiger partial charge on any atom is 0.324 e. The zero-order chi connectivity index (χ0) is 16.4. The van der Waals surface area contributed by atoms with E-state index in [1.165, 1.54) is 24.8 Å². The molecule has 0 spiro atoms. The van der Waals surface area contributed by atoms with Crippen LogP contribution in [-0.2, 0) is 0 Å². The molecule has 1 atom stereocenters. The van der Waals surface area contributed by atoms with Gasteiger partial charge in [0.25, 0.3) is 0 Å². The fourth-order valence-corrected chi connectivity index (χ4v) is 3.71. The summed E-state index contributed by atoms with van der Waals surface area (Å²) in [7, 11) is 0. The highest BCUT2D eigenvalue weighted by molar-refractivity contribution is 5.88. The second-order valence-corrected chi connectivity index (χ2v) is 6.72. The Labute approximate surface area is 141 Å². The van der Waals surface area contributed by atoms with Gasteiger partial charge in [-0.15, -0.1) is 5.10 Å². The van der Waals surface area contributed by atoms with Gasteiger partial charge in [0.1, 0.15) is 5.82 Å². The van der Waals surface area contributed by atoms with E-state index in [1.807, 2.05) is 23.1 Å². The molecule has 6 nitrogen and oxygen atoms in total. The molecule has 2 amide bonds. The second kappa shape index (κ2) is 6.63. The summed E-state index contributed by atoms with van der Waals surface area (Å²) in [6, 6.07) is 10.2. The van der Waals surface area contributed by atoms with Gasteiger partial charge in [-0.1, -0.05) is 49.6 Å². The Hall–Kier alpha value is -2.37. The molecule has 0 bridgehead atoms. The number of benzene rings is 1. The van der Waals surface area contributed by atoms with E-state index in [9.17, 15) is 4.79 Å². The third kappa shape index (κ3) is 3.00. The first-order valence-corrected chi connectivity index (χ1v) is 8.86. The van der Waals surface area contributed by atoms with Crippen LogP contribution < -0.4 is 5.32 Å². The number of H-pyrrole nitrogens is 1. The van der Waals surface area contributed by atoms with Crippen molar-refractivity contribution in [2.45, 2.75) is 50.5 Å². The molecule has 126 valence electrons. The van der Waals surface area contributed by atoms with Crippen molar-refractivity contribution < 1.29 is 4.79 Å². The van der Waals surface area contributed by atoms with Crippen LogP contribution >= 0.6 is 0 Å². The van der Waals surface area contributed by atoms with Crippen LogP contribution in [0.2, 0.25) is 0 Å². The molecule has 6 heteroatoms. The van der Waals surface area contributed by atoms with Crippen molar-refractivity contribution in [2.24, 2.45) is 0 Å². The molecule has 1 saturated heterocycles. The number of carbonyl (C=O) groups is 1. The van der Waals surface area contributed by atoms with Crippen molar-refractivity contribution in [3.8, 4) is 0 Å². The second-order valence-electron chi connectivity index (χ2n) is 6.72. The average molecular weight is 325 g/mol. The monoisotopic (exact) mass is 325 g/mol. The van der Waals surface area contributed by atoms with E-state index >= 15 is 0 Å². The number of aromatic nitrogens is 3. The Kier molecular flexibility index (Phi) is 4.19. The minimum absolute atomic E-state index is 0.121. The highest BCUT2D eigenvalue weighted by Gasteiger charge is 2.33. The van der Waals surface area contributed by atoms with Crippen LogP contribution in [0.4, 0.5) is 10.7 Å². The first kappa shape index (κ1) is 15.2. The summed E-state index contributed by atoms with van der Waals surface area (Å²) in [5.74, 6) is 1.76.